The minimum absolute atomic E-state index is 0.300. The van der Waals surface area contributed by atoms with E-state index in [1.54, 1.807) is 12.4 Å². The van der Waals surface area contributed by atoms with Crippen molar-refractivity contribution in [2.24, 2.45) is 5.73 Å². The second kappa shape index (κ2) is 5.49. The minimum Gasteiger partial charge on any atom is -0.435 e. The SMILES string of the molecule is CC(C)n1cc(Oc2ncc(Br)cc2CN)cn1. The van der Waals surface area contributed by atoms with E-state index in [1.807, 2.05) is 16.9 Å². The molecule has 5 nitrogen and oxygen atoms in total. The van der Waals surface area contributed by atoms with Crippen molar-refractivity contribution in [1.82, 2.24) is 14.8 Å². The molecular weight excluding hydrogens is 296 g/mol. The fourth-order valence-electron chi connectivity index (χ4n) is 1.47. The molecule has 0 radical (unpaired) electrons. The van der Waals surface area contributed by atoms with E-state index in [0.717, 1.165) is 10.0 Å². The van der Waals surface area contributed by atoms with E-state index in [9.17, 15) is 0 Å². The number of hydrogen-bond acceptors (Lipinski definition) is 4. The summed E-state index contributed by atoms with van der Waals surface area (Å²) in [6.07, 6.45) is 5.19. The van der Waals surface area contributed by atoms with Crippen molar-refractivity contribution in [3.63, 3.8) is 0 Å². The zero-order valence-corrected chi connectivity index (χ0v) is 11.9. The summed E-state index contributed by atoms with van der Waals surface area (Å²) in [6.45, 7) is 4.49. The van der Waals surface area contributed by atoms with Gasteiger partial charge in [-0.1, -0.05) is 0 Å². The topological polar surface area (TPSA) is 66.0 Å². The maximum Gasteiger partial charge on any atom is 0.223 e. The van der Waals surface area contributed by atoms with Crippen LogP contribution in [0.2, 0.25) is 0 Å². The highest BCUT2D eigenvalue weighted by Gasteiger charge is 2.08. The maximum atomic E-state index is 5.69. The second-order valence-electron chi connectivity index (χ2n) is 4.17. The van der Waals surface area contributed by atoms with Crippen molar-refractivity contribution < 1.29 is 4.74 Å². The van der Waals surface area contributed by atoms with Crippen LogP contribution in [0, 0.1) is 0 Å². The van der Waals surface area contributed by atoms with Crippen LogP contribution >= 0.6 is 15.9 Å². The largest absolute Gasteiger partial charge is 0.435 e. The molecule has 0 aliphatic rings. The second-order valence-corrected chi connectivity index (χ2v) is 5.09. The van der Waals surface area contributed by atoms with E-state index in [-0.39, 0.29) is 0 Å². The Hall–Kier alpha value is -1.40. The Kier molecular flexibility index (Phi) is 3.98. The molecule has 2 aromatic rings. The van der Waals surface area contributed by atoms with Crippen molar-refractivity contribution in [2.45, 2.75) is 26.4 Å². The van der Waals surface area contributed by atoms with Gasteiger partial charge in [0.2, 0.25) is 5.88 Å². The molecule has 0 saturated carbocycles. The van der Waals surface area contributed by atoms with Crippen LogP contribution in [0.3, 0.4) is 0 Å². The maximum absolute atomic E-state index is 5.69. The molecular formula is C12H15BrN4O. The molecule has 0 atom stereocenters. The van der Waals surface area contributed by atoms with Crippen LogP contribution in [0.4, 0.5) is 0 Å². The summed E-state index contributed by atoms with van der Waals surface area (Å²) in [7, 11) is 0. The predicted molar refractivity (Wildman–Crippen MR) is 72.5 cm³/mol. The predicted octanol–water partition coefficient (Wildman–Crippen LogP) is 2.87. The molecule has 0 aliphatic carbocycles. The number of hydrogen-bond donors (Lipinski definition) is 1. The lowest BCUT2D eigenvalue weighted by atomic mass is 10.3. The average Bonchev–Trinajstić information content (AvgIpc) is 2.80. The molecule has 0 aliphatic heterocycles. The minimum atomic E-state index is 0.300. The molecule has 0 unspecified atom stereocenters. The number of halogens is 1. The molecule has 0 saturated heterocycles. The number of rotatable bonds is 4. The van der Waals surface area contributed by atoms with Crippen LogP contribution in [0.15, 0.2) is 29.1 Å². The summed E-state index contributed by atoms with van der Waals surface area (Å²) >= 11 is 3.36. The first-order valence-electron chi connectivity index (χ1n) is 5.66. The first-order chi connectivity index (χ1) is 8.60. The molecule has 2 N–H and O–H groups in total. The number of pyridine rings is 1. The summed E-state index contributed by atoms with van der Waals surface area (Å²) in [4.78, 5) is 4.21. The van der Waals surface area contributed by atoms with Crippen molar-refractivity contribution in [3.8, 4) is 11.6 Å². The van der Waals surface area contributed by atoms with Crippen molar-refractivity contribution in [3.05, 3.63) is 34.7 Å². The summed E-state index contributed by atoms with van der Waals surface area (Å²) in [6, 6.07) is 2.20. The molecule has 18 heavy (non-hydrogen) atoms. The molecule has 0 spiro atoms. The van der Waals surface area contributed by atoms with Gasteiger partial charge in [-0.2, -0.15) is 5.10 Å². The normalized spacial score (nSPS) is 10.9. The highest BCUT2D eigenvalue weighted by Crippen LogP contribution is 2.25. The molecule has 6 heteroatoms. The highest BCUT2D eigenvalue weighted by atomic mass is 79.9. The monoisotopic (exact) mass is 310 g/mol. The van der Waals surface area contributed by atoms with Gasteiger partial charge in [0.1, 0.15) is 0 Å². The Morgan fingerprint density at radius 3 is 2.83 bits per heavy atom. The van der Waals surface area contributed by atoms with Crippen LogP contribution in [0.1, 0.15) is 25.5 Å². The molecule has 2 rings (SSSR count). The van der Waals surface area contributed by atoms with Crippen LogP contribution in [-0.4, -0.2) is 14.8 Å². The molecule has 0 fully saturated rings. The van der Waals surface area contributed by atoms with E-state index < -0.39 is 0 Å². The van der Waals surface area contributed by atoms with Gasteiger partial charge in [0.25, 0.3) is 0 Å². The van der Waals surface area contributed by atoms with Crippen LogP contribution in [0.5, 0.6) is 11.6 Å². The summed E-state index contributed by atoms with van der Waals surface area (Å²) in [5.41, 5.74) is 6.51. The molecule has 96 valence electrons. The fourth-order valence-corrected chi connectivity index (χ4v) is 1.85. The van der Waals surface area contributed by atoms with Crippen LogP contribution < -0.4 is 10.5 Å². The van der Waals surface area contributed by atoms with Gasteiger partial charge in [0.05, 0.1) is 12.4 Å². The first kappa shape index (κ1) is 13.0. The number of nitrogens with zero attached hydrogens (tertiary/aromatic N) is 3. The molecule has 0 amide bonds. The quantitative estimate of drug-likeness (QED) is 0.943. The van der Waals surface area contributed by atoms with Gasteiger partial charge < -0.3 is 10.5 Å². The molecule has 0 aromatic carbocycles. The third kappa shape index (κ3) is 2.88. The molecule has 2 aromatic heterocycles. The number of nitrogens with two attached hydrogens (primary N) is 1. The van der Waals surface area contributed by atoms with E-state index in [2.05, 4.69) is 39.9 Å². The first-order valence-corrected chi connectivity index (χ1v) is 6.46. The van der Waals surface area contributed by atoms with E-state index in [1.165, 1.54) is 0 Å². The van der Waals surface area contributed by atoms with Gasteiger partial charge in [-0.15, -0.1) is 0 Å². The zero-order chi connectivity index (χ0) is 13.1. The van der Waals surface area contributed by atoms with Crippen molar-refractivity contribution >= 4 is 15.9 Å². The fraction of sp³-hybridized carbons (Fsp3) is 0.333. The summed E-state index contributed by atoms with van der Waals surface area (Å²) in [5, 5.41) is 4.21. The summed E-state index contributed by atoms with van der Waals surface area (Å²) < 4.78 is 8.40. The van der Waals surface area contributed by atoms with Gasteiger partial charge in [0.15, 0.2) is 5.75 Å². The number of ether oxygens (including phenoxy) is 1. The van der Waals surface area contributed by atoms with E-state index in [4.69, 9.17) is 10.5 Å². The lowest BCUT2D eigenvalue weighted by Gasteiger charge is -2.07. The third-order valence-corrected chi connectivity index (χ3v) is 2.87. The van der Waals surface area contributed by atoms with Gasteiger partial charge in [-0.05, 0) is 35.8 Å². The Morgan fingerprint density at radius 2 is 2.22 bits per heavy atom. The van der Waals surface area contributed by atoms with Crippen molar-refractivity contribution in [2.75, 3.05) is 0 Å². The highest BCUT2D eigenvalue weighted by molar-refractivity contribution is 9.10. The zero-order valence-electron chi connectivity index (χ0n) is 10.3. The van der Waals surface area contributed by atoms with E-state index in [0.29, 0.717) is 24.2 Å². The molecule has 2 heterocycles. The van der Waals surface area contributed by atoms with Gasteiger partial charge in [-0.25, -0.2) is 4.98 Å². The smallest absolute Gasteiger partial charge is 0.223 e. The van der Waals surface area contributed by atoms with Crippen molar-refractivity contribution in [1.29, 1.82) is 0 Å². The van der Waals surface area contributed by atoms with E-state index >= 15 is 0 Å². The van der Waals surface area contributed by atoms with Gasteiger partial charge in [0, 0.05) is 28.8 Å². The lowest BCUT2D eigenvalue weighted by Crippen LogP contribution is -2.01. The third-order valence-electron chi connectivity index (χ3n) is 2.43. The Bertz CT molecular complexity index is 539. The summed E-state index contributed by atoms with van der Waals surface area (Å²) in [5.74, 6) is 1.18. The lowest BCUT2D eigenvalue weighted by molar-refractivity contribution is 0.452. The average molecular weight is 311 g/mol. The number of aromatic nitrogens is 3. The standard InChI is InChI=1S/C12H15BrN4O/c1-8(2)17-7-11(6-16-17)18-12-9(4-14)3-10(13)5-15-12/h3,5-8H,4,14H2,1-2H3. The van der Waals surface area contributed by atoms with Gasteiger partial charge in [-0.3, -0.25) is 4.68 Å². The molecule has 0 bridgehead atoms. The Balaban J connectivity index is 2.22. The van der Waals surface area contributed by atoms with Gasteiger partial charge >= 0.3 is 0 Å². The Morgan fingerprint density at radius 1 is 1.44 bits per heavy atom. The van der Waals surface area contributed by atoms with Crippen LogP contribution in [-0.2, 0) is 6.54 Å². The van der Waals surface area contributed by atoms with Crippen LogP contribution in [0.25, 0.3) is 0 Å². The Labute approximate surface area is 114 Å².